The molecule has 1 amide bonds. The lowest BCUT2D eigenvalue weighted by Gasteiger charge is -2.14. The zero-order valence-electron chi connectivity index (χ0n) is 14.5. The molecule has 130 valence electrons. The van der Waals surface area contributed by atoms with Crippen molar-refractivity contribution >= 4 is 16.8 Å². The molecule has 0 fully saturated rings. The van der Waals surface area contributed by atoms with E-state index in [9.17, 15) is 14.4 Å². The third kappa shape index (κ3) is 3.93. The monoisotopic (exact) mass is 331 g/mol. The maximum Gasteiger partial charge on any atom is 0.331 e. The number of carbonyl (C=O) groups excluding carboxylic acids is 1. The highest BCUT2D eigenvalue weighted by Gasteiger charge is 2.15. The van der Waals surface area contributed by atoms with Gasteiger partial charge in [0.05, 0.1) is 10.9 Å². The Morgan fingerprint density at radius 2 is 1.83 bits per heavy atom. The molecular formula is C18H25N3O3. The number of nitrogens with zero attached hydrogens (tertiary/aromatic N) is 2. The maximum absolute atomic E-state index is 12.8. The number of aryl methyl sites for hydroxylation is 1. The van der Waals surface area contributed by atoms with Gasteiger partial charge in [-0.3, -0.25) is 18.7 Å². The molecule has 0 radical (unpaired) electrons. The first-order chi connectivity index (χ1) is 11.5. The normalized spacial score (nSPS) is 11.2. The number of amides is 1. The lowest BCUT2D eigenvalue weighted by molar-refractivity contribution is -0.122. The largest absolute Gasteiger partial charge is 0.352 e. The number of fused-ring (bicyclic) bond motifs is 1. The molecule has 0 bridgehead atoms. The smallest absolute Gasteiger partial charge is 0.331 e. The first-order valence-electron chi connectivity index (χ1n) is 8.47. The van der Waals surface area contributed by atoms with Gasteiger partial charge in [0.15, 0.2) is 0 Å². The third-order valence-corrected chi connectivity index (χ3v) is 3.87. The molecule has 1 heterocycles. The van der Waals surface area contributed by atoms with E-state index in [1.165, 1.54) is 0 Å². The zero-order valence-corrected chi connectivity index (χ0v) is 14.5. The number of benzene rings is 1. The van der Waals surface area contributed by atoms with Crippen molar-refractivity contribution in [2.45, 2.75) is 59.2 Å². The van der Waals surface area contributed by atoms with E-state index in [1.54, 1.807) is 22.8 Å². The van der Waals surface area contributed by atoms with Gasteiger partial charge in [-0.05, 0) is 32.4 Å². The molecule has 0 saturated carbocycles. The van der Waals surface area contributed by atoms with Gasteiger partial charge in [0.2, 0.25) is 5.91 Å². The molecule has 1 N–H and O–H groups in total. The van der Waals surface area contributed by atoms with Gasteiger partial charge in [-0.15, -0.1) is 0 Å². The number of para-hydroxylation sites is 1. The average Bonchev–Trinajstić information content (AvgIpc) is 2.54. The van der Waals surface area contributed by atoms with E-state index in [2.05, 4.69) is 12.2 Å². The average molecular weight is 331 g/mol. The highest BCUT2D eigenvalue weighted by atomic mass is 16.2. The molecule has 0 aliphatic carbocycles. The molecule has 1 aromatic heterocycles. The van der Waals surface area contributed by atoms with Crippen molar-refractivity contribution in [1.29, 1.82) is 0 Å². The van der Waals surface area contributed by atoms with Crippen LogP contribution in [0.15, 0.2) is 33.9 Å². The van der Waals surface area contributed by atoms with Crippen molar-refractivity contribution in [1.82, 2.24) is 14.5 Å². The second-order valence-electron chi connectivity index (χ2n) is 6.27. The number of nitrogens with one attached hydrogen (secondary N) is 1. The molecule has 24 heavy (non-hydrogen) atoms. The quantitative estimate of drug-likeness (QED) is 0.787. The molecule has 0 unspecified atom stereocenters. The highest BCUT2D eigenvalue weighted by Crippen LogP contribution is 2.09. The van der Waals surface area contributed by atoms with Crippen LogP contribution < -0.4 is 16.6 Å². The second kappa shape index (κ2) is 7.95. The minimum absolute atomic E-state index is 0.0413. The molecule has 0 spiro atoms. The number of aromatic nitrogens is 2. The van der Waals surface area contributed by atoms with Crippen LogP contribution in [0.2, 0.25) is 0 Å². The van der Waals surface area contributed by atoms with Crippen LogP contribution in [0.1, 0.15) is 40.0 Å². The Labute approximate surface area is 141 Å². The Bertz CT molecular complexity index is 833. The molecule has 2 rings (SSSR count). The highest BCUT2D eigenvalue weighted by molar-refractivity contribution is 5.79. The SMILES string of the molecule is CCCCCn1c(=O)n(CC(=O)NC(C)C)c(=O)c2ccccc21. The molecule has 0 saturated heterocycles. The van der Waals surface area contributed by atoms with Crippen LogP contribution in [0.4, 0.5) is 0 Å². The number of hydrogen-bond acceptors (Lipinski definition) is 3. The summed E-state index contributed by atoms with van der Waals surface area (Å²) < 4.78 is 2.64. The van der Waals surface area contributed by atoms with E-state index >= 15 is 0 Å². The third-order valence-electron chi connectivity index (χ3n) is 3.87. The van der Waals surface area contributed by atoms with Crippen LogP contribution in [0.25, 0.3) is 10.9 Å². The van der Waals surface area contributed by atoms with Gasteiger partial charge >= 0.3 is 5.69 Å². The predicted molar refractivity (Wildman–Crippen MR) is 95.3 cm³/mol. The topological polar surface area (TPSA) is 73.1 Å². The van der Waals surface area contributed by atoms with E-state index < -0.39 is 11.2 Å². The summed E-state index contributed by atoms with van der Waals surface area (Å²) >= 11 is 0. The summed E-state index contributed by atoms with van der Waals surface area (Å²) in [6, 6.07) is 7.02. The van der Waals surface area contributed by atoms with Crippen LogP contribution >= 0.6 is 0 Å². The van der Waals surface area contributed by atoms with Crippen LogP contribution in [0.5, 0.6) is 0 Å². The first kappa shape index (κ1) is 18.0. The summed E-state index contributed by atoms with van der Waals surface area (Å²) in [5.41, 5.74) is -0.209. The van der Waals surface area contributed by atoms with Gasteiger partial charge in [-0.1, -0.05) is 31.9 Å². The Hall–Kier alpha value is -2.37. The van der Waals surface area contributed by atoms with Gasteiger partial charge in [-0.25, -0.2) is 4.79 Å². The van der Waals surface area contributed by atoms with Gasteiger partial charge in [0, 0.05) is 12.6 Å². The fourth-order valence-electron chi connectivity index (χ4n) is 2.76. The van der Waals surface area contributed by atoms with E-state index in [4.69, 9.17) is 0 Å². The summed E-state index contributed by atoms with van der Waals surface area (Å²) in [6.07, 6.45) is 2.91. The number of unbranched alkanes of at least 4 members (excludes halogenated alkanes) is 2. The maximum atomic E-state index is 12.8. The number of rotatable bonds is 7. The second-order valence-corrected chi connectivity index (χ2v) is 6.27. The minimum Gasteiger partial charge on any atom is -0.352 e. The van der Waals surface area contributed by atoms with Crippen LogP contribution in [0, 0.1) is 0 Å². The fourth-order valence-corrected chi connectivity index (χ4v) is 2.76. The Morgan fingerprint density at radius 1 is 1.12 bits per heavy atom. The molecule has 0 aliphatic rings. The molecule has 0 atom stereocenters. The van der Waals surface area contributed by atoms with Crippen molar-refractivity contribution in [3.63, 3.8) is 0 Å². The van der Waals surface area contributed by atoms with Crippen LogP contribution in [-0.2, 0) is 17.9 Å². The van der Waals surface area contributed by atoms with Gasteiger partial charge < -0.3 is 5.32 Å². The van der Waals surface area contributed by atoms with Gasteiger partial charge in [0.25, 0.3) is 5.56 Å². The Balaban J connectivity index is 2.52. The van der Waals surface area contributed by atoms with E-state index in [1.807, 2.05) is 19.9 Å². The summed E-state index contributed by atoms with van der Waals surface area (Å²) in [7, 11) is 0. The van der Waals surface area contributed by atoms with Crippen molar-refractivity contribution in [3.8, 4) is 0 Å². The van der Waals surface area contributed by atoms with Crippen LogP contribution in [0.3, 0.4) is 0 Å². The van der Waals surface area contributed by atoms with E-state index in [-0.39, 0.29) is 18.5 Å². The van der Waals surface area contributed by atoms with Crippen molar-refractivity contribution < 1.29 is 4.79 Å². The van der Waals surface area contributed by atoms with Crippen molar-refractivity contribution in [2.75, 3.05) is 0 Å². The molecule has 2 aromatic rings. The lowest BCUT2D eigenvalue weighted by Crippen LogP contribution is -2.44. The minimum atomic E-state index is -0.422. The number of carbonyl (C=O) groups is 1. The van der Waals surface area contributed by atoms with Gasteiger partial charge in [-0.2, -0.15) is 0 Å². The summed E-state index contributed by atoms with van der Waals surface area (Å²) in [5, 5.41) is 3.18. The Kier molecular flexibility index (Phi) is 5.95. The molecule has 6 heteroatoms. The lowest BCUT2D eigenvalue weighted by atomic mass is 10.2. The Morgan fingerprint density at radius 3 is 2.50 bits per heavy atom. The van der Waals surface area contributed by atoms with Crippen molar-refractivity contribution in [3.05, 3.63) is 45.1 Å². The number of hydrogen-bond donors (Lipinski definition) is 1. The van der Waals surface area contributed by atoms with Crippen molar-refractivity contribution in [2.24, 2.45) is 0 Å². The summed E-state index contributed by atoms with van der Waals surface area (Å²) in [5.74, 6) is -0.334. The fraction of sp³-hybridized carbons (Fsp3) is 0.500. The summed E-state index contributed by atoms with van der Waals surface area (Å²) in [6.45, 7) is 6.06. The van der Waals surface area contributed by atoms with Gasteiger partial charge in [0.1, 0.15) is 6.54 Å². The van der Waals surface area contributed by atoms with Crippen LogP contribution in [-0.4, -0.2) is 21.1 Å². The zero-order chi connectivity index (χ0) is 17.7. The molecular weight excluding hydrogens is 306 g/mol. The summed E-state index contributed by atoms with van der Waals surface area (Å²) in [4.78, 5) is 37.4. The predicted octanol–water partition coefficient (Wildman–Crippen LogP) is 1.88. The molecule has 1 aromatic carbocycles. The van der Waals surface area contributed by atoms with E-state index in [0.29, 0.717) is 17.4 Å². The first-order valence-corrected chi connectivity index (χ1v) is 8.47. The molecule has 0 aliphatic heterocycles. The standard InChI is InChI=1S/C18H25N3O3/c1-4-5-8-11-20-15-10-7-6-9-14(15)17(23)21(18(20)24)12-16(22)19-13(2)3/h6-7,9-10,13H,4-5,8,11-12H2,1-3H3,(H,19,22). The molecule has 6 nitrogen and oxygen atoms in total. The van der Waals surface area contributed by atoms with E-state index in [0.717, 1.165) is 23.8 Å².